The van der Waals surface area contributed by atoms with Gasteiger partial charge in [0.05, 0.1) is 5.92 Å². The number of hydrogen-bond acceptors (Lipinski definition) is 3. The first-order valence-electron chi connectivity index (χ1n) is 9.26. The predicted octanol–water partition coefficient (Wildman–Crippen LogP) is 2.55. The van der Waals surface area contributed by atoms with Gasteiger partial charge < -0.3 is 14.5 Å². The number of hydrogen-bond donors (Lipinski definition) is 0. The van der Waals surface area contributed by atoms with Crippen molar-refractivity contribution in [1.29, 1.82) is 0 Å². The summed E-state index contributed by atoms with van der Waals surface area (Å²) >= 11 is 0. The first-order chi connectivity index (χ1) is 12.0. The van der Waals surface area contributed by atoms with Crippen molar-refractivity contribution in [2.75, 3.05) is 31.7 Å². The van der Waals surface area contributed by atoms with E-state index in [1.165, 1.54) is 5.56 Å². The first-order valence-corrected chi connectivity index (χ1v) is 9.26. The molecule has 0 aromatic heterocycles. The van der Waals surface area contributed by atoms with E-state index < -0.39 is 0 Å². The molecule has 2 aliphatic rings. The highest BCUT2D eigenvalue weighted by molar-refractivity contribution is 6.01. The molecule has 0 radical (unpaired) electrons. The van der Waals surface area contributed by atoms with Crippen LogP contribution in [0.1, 0.15) is 37.3 Å². The molecule has 1 aromatic carbocycles. The van der Waals surface area contributed by atoms with Crippen LogP contribution in [0.25, 0.3) is 0 Å². The van der Waals surface area contributed by atoms with Crippen molar-refractivity contribution in [2.24, 2.45) is 5.92 Å². The van der Waals surface area contributed by atoms with Crippen LogP contribution in [0.15, 0.2) is 18.2 Å². The Morgan fingerprint density at radius 3 is 2.72 bits per heavy atom. The summed E-state index contributed by atoms with van der Waals surface area (Å²) in [6.45, 7) is 6.04. The van der Waals surface area contributed by atoms with Crippen LogP contribution in [-0.2, 0) is 20.7 Å². The number of anilines is 1. The van der Waals surface area contributed by atoms with E-state index in [9.17, 15) is 9.59 Å². The van der Waals surface area contributed by atoms with Crippen LogP contribution in [0.5, 0.6) is 0 Å². The quantitative estimate of drug-likeness (QED) is 0.843. The minimum Gasteiger partial charge on any atom is -0.381 e. The fourth-order valence-electron chi connectivity index (χ4n) is 4.02. The zero-order chi connectivity index (χ0) is 18.0. The summed E-state index contributed by atoms with van der Waals surface area (Å²) in [6.07, 6.45) is 2.94. The van der Waals surface area contributed by atoms with Crippen molar-refractivity contribution in [3.8, 4) is 0 Å². The van der Waals surface area contributed by atoms with Gasteiger partial charge in [-0.15, -0.1) is 0 Å². The van der Waals surface area contributed by atoms with Crippen molar-refractivity contribution in [1.82, 2.24) is 4.90 Å². The monoisotopic (exact) mass is 344 g/mol. The second-order valence-corrected chi connectivity index (χ2v) is 7.13. The van der Waals surface area contributed by atoms with Crippen molar-refractivity contribution in [3.05, 3.63) is 29.3 Å². The minimum atomic E-state index is -0.246. The Hall–Kier alpha value is -1.88. The van der Waals surface area contributed by atoms with Crippen LogP contribution >= 0.6 is 0 Å². The lowest BCUT2D eigenvalue weighted by Gasteiger charge is -2.32. The molecule has 0 N–H and O–H groups in total. The van der Waals surface area contributed by atoms with E-state index in [4.69, 9.17) is 4.74 Å². The zero-order valence-electron chi connectivity index (χ0n) is 15.5. The highest BCUT2D eigenvalue weighted by Crippen LogP contribution is 2.32. The molecular weight excluding hydrogens is 316 g/mol. The molecule has 2 saturated heterocycles. The van der Waals surface area contributed by atoms with Gasteiger partial charge in [-0.25, -0.2) is 0 Å². The third-order valence-electron chi connectivity index (χ3n) is 5.53. The second-order valence-electron chi connectivity index (χ2n) is 7.13. The Balaban J connectivity index is 1.75. The van der Waals surface area contributed by atoms with Gasteiger partial charge in [-0.1, -0.05) is 25.1 Å². The smallest absolute Gasteiger partial charge is 0.228 e. The highest BCUT2D eigenvalue weighted by atomic mass is 16.5. The van der Waals surface area contributed by atoms with Gasteiger partial charge in [0.1, 0.15) is 0 Å². The molecule has 1 aromatic rings. The van der Waals surface area contributed by atoms with Crippen molar-refractivity contribution >= 4 is 17.5 Å². The lowest BCUT2D eigenvalue weighted by atomic mass is 10.0. The third kappa shape index (κ3) is 3.56. The van der Waals surface area contributed by atoms with Crippen LogP contribution < -0.4 is 4.90 Å². The largest absolute Gasteiger partial charge is 0.381 e. The van der Waals surface area contributed by atoms with Gasteiger partial charge in [0, 0.05) is 45.0 Å². The summed E-state index contributed by atoms with van der Waals surface area (Å²) in [4.78, 5) is 29.2. The zero-order valence-corrected chi connectivity index (χ0v) is 15.5. The number of benzene rings is 1. The fourth-order valence-corrected chi connectivity index (χ4v) is 4.02. The van der Waals surface area contributed by atoms with E-state index >= 15 is 0 Å². The molecule has 0 unspecified atom stereocenters. The molecule has 0 aliphatic carbocycles. The van der Waals surface area contributed by atoms with Gasteiger partial charge in [-0.3, -0.25) is 9.59 Å². The standard InChI is InChI=1S/C20H28N2O3/c1-4-15-7-5-6-14(2)19(15)22-13-16(12-18(22)23)20(24)21(3)17-8-10-25-11-9-17/h5-7,16-17H,4,8-13H2,1-3H3/t16-/m0/s1. The molecule has 0 spiro atoms. The minimum absolute atomic E-state index is 0.0581. The Morgan fingerprint density at radius 2 is 2.04 bits per heavy atom. The molecule has 2 amide bonds. The van der Waals surface area contributed by atoms with Gasteiger partial charge in [0.15, 0.2) is 0 Å². The molecule has 2 aliphatic heterocycles. The van der Waals surface area contributed by atoms with Crippen molar-refractivity contribution in [2.45, 2.75) is 45.6 Å². The lowest BCUT2D eigenvalue weighted by molar-refractivity contribution is -0.138. The molecule has 5 nitrogen and oxygen atoms in total. The fraction of sp³-hybridized carbons (Fsp3) is 0.600. The molecule has 3 rings (SSSR count). The van der Waals surface area contributed by atoms with Crippen molar-refractivity contribution < 1.29 is 14.3 Å². The Labute approximate surface area is 149 Å². The number of nitrogens with zero attached hydrogens (tertiary/aromatic N) is 2. The van der Waals surface area contributed by atoms with Crippen LogP contribution in [-0.4, -0.2) is 49.6 Å². The van der Waals surface area contributed by atoms with Crippen LogP contribution in [0, 0.1) is 12.8 Å². The normalized spacial score (nSPS) is 21.6. The Kier molecular flexibility index (Phi) is 5.42. The second kappa shape index (κ2) is 7.56. The van der Waals surface area contributed by atoms with E-state index in [1.807, 2.05) is 35.9 Å². The Morgan fingerprint density at radius 1 is 1.32 bits per heavy atom. The van der Waals surface area contributed by atoms with E-state index in [0.29, 0.717) is 26.2 Å². The molecule has 0 bridgehead atoms. The number of amides is 2. The topological polar surface area (TPSA) is 49.9 Å². The molecule has 25 heavy (non-hydrogen) atoms. The number of rotatable bonds is 4. The van der Waals surface area contributed by atoms with Crippen LogP contribution in [0.2, 0.25) is 0 Å². The number of carbonyl (C=O) groups excluding carboxylic acids is 2. The molecule has 2 heterocycles. The molecule has 136 valence electrons. The summed E-state index contributed by atoms with van der Waals surface area (Å²) in [5.41, 5.74) is 3.26. The molecule has 0 saturated carbocycles. The van der Waals surface area contributed by atoms with E-state index in [2.05, 4.69) is 13.0 Å². The number of para-hydroxylation sites is 1. The van der Waals surface area contributed by atoms with Crippen LogP contribution in [0.3, 0.4) is 0 Å². The Bertz CT molecular complexity index is 652. The molecule has 2 fully saturated rings. The molecule has 1 atom stereocenters. The van der Waals surface area contributed by atoms with E-state index in [1.54, 1.807) is 0 Å². The summed E-state index contributed by atoms with van der Waals surface area (Å²) in [5, 5.41) is 0. The third-order valence-corrected chi connectivity index (χ3v) is 5.53. The predicted molar refractivity (Wildman–Crippen MR) is 97.6 cm³/mol. The van der Waals surface area contributed by atoms with Gasteiger partial charge in [-0.2, -0.15) is 0 Å². The summed E-state index contributed by atoms with van der Waals surface area (Å²) in [6, 6.07) is 6.36. The van der Waals surface area contributed by atoms with Crippen molar-refractivity contribution in [3.63, 3.8) is 0 Å². The van der Waals surface area contributed by atoms with Crippen LogP contribution in [0.4, 0.5) is 5.69 Å². The maximum Gasteiger partial charge on any atom is 0.228 e. The first kappa shape index (κ1) is 17.9. The molecular formula is C20H28N2O3. The lowest BCUT2D eigenvalue weighted by Crippen LogP contribution is -2.44. The maximum absolute atomic E-state index is 12.9. The van der Waals surface area contributed by atoms with Gasteiger partial charge >= 0.3 is 0 Å². The van der Waals surface area contributed by atoms with Gasteiger partial charge in [-0.05, 0) is 37.3 Å². The molecule has 5 heteroatoms. The summed E-state index contributed by atoms with van der Waals surface area (Å²) in [5.74, 6) is -0.0956. The number of ether oxygens (including phenoxy) is 1. The average molecular weight is 344 g/mol. The maximum atomic E-state index is 12.9. The SMILES string of the molecule is CCc1cccc(C)c1N1C[C@@H](C(=O)N(C)C2CCOCC2)CC1=O. The van der Waals surface area contributed by atoms with Gasteiger partial charge in [0.25, 0.3) is 0 Å². The van der Waals surface area contributed by atoms with E-state index in [0.717, 1.165) is 30.5 Å². The van der Waals surface area contributed by atoms with E-state index in [-0.39, 0.29) is 23.8 Å². The summed E-state index contributed by atoms with van der Waals surface area (Å²) in [7, 11) is 1.87. The number of aryl methyl sites for hydroxylation is 2. The van der Waals surface area contributed by atoms with Gasteiger partial charge in [0.2, 0.25) is 11.8 Å². The average Bonchev–Trinajstić information content (AvgIpc) is 3.02. The highest BCUT2D eigenvalue weighted by Gasteiger charge is 2.39. The number of carbonyl (C=O) groups is 2. The summed E-state index contributed by atoms with van der Waals surface area (Å²) < 4.78 is 5.39.